The number of nitrogens with one attached hydrogen (secondary N) is 1. The van der Waals surface area contributed by atoms with Gasteiger partial charge in [0.05, 0.1) is 12.7 Å². The molecule has 0 radical (unpaired) electrons. The lowest BCUT2D eigenvalue weighted by Gasteiger charge is -2.08. The number of nitrogens with two attached hydrogens (primary N) is 1. The van der Waals surface area contributed by atoms with Crippen molar-refractivity contribution < 1.29 is 9.53 Å². The number of aromatic nitrogens is 2. The molecule has 6 nitrogen and oxygen atoms in total. The van der Waals surface area contributed by atoms with E-state index in [1.165, 1.54) is 6.20 Å². The van der Waals surface area contributed by atoms with Crippen LogP contribution in [0.1, 0.15) is 11.1 Å². The summed E-state index contributed by atoms with van der Waals surface area (Å²) in [6.45, 7) is 0.734. The van der Waals surface area contributed by atoms with Crippen LogP contribution in [0.2, 0.25) is 0 Å². The highest BCUT2D eigenvalue weighted by Crippen LogP contribution is 2.19. The number of benzene rings is 2. The van der Waals surface area contributed by atoms with E-state index < -0.39 is 6.09 Å². The molecule has 0 spiro atoms. The molecule has 3 aromatic rings. The van der Waals surface area contributed by atoms with E-state index >= 15 is 0 Å². The lowest BCUT2D eigenvalue weighted by molar-refractivity contribution is 0.155. The molecule has 24 heavy (non-hydrogen) atoms. The van der Waals surface area contributed by atoms with Crippen molar-refractivity contribution in [2.45, 2.75) is 13.2 Å². The molecule has 3 N–H and O–H groups in total. The number of hydrogen-bond acceptors (Lipinski definition) is 4. The Bertz CT molecular complexity index is 800. The molecule has 0 aliphatic heterocycles. The van der Waals surface area contributed by atoms with Gasteiger partial charge < -0.3 is 10.5 Å². The number of rotatable bonds is 5. The summed E-state index contributed by atoms with van der Waals surface area (Å²) >= 11 is 0. The molecule has 6 heteroatoms. The highest BCUT2D eigenvalue weighted by molar-refractivity contribution is 5.87. The topological polar surface area (TPSA) is 82.2 Å². The summed E-state index contributed by atoms with van der Waals surface area (Å²) in [6, 6.07) is 19.3. The minimum atomic E-state index is -0.565. The molecule has 0 atom stereocenters. The molecule has 0 aliphatic rings. The smallest absolute Gasteiger partial charge is 0.412 e. The number of hydrogen-bond donors (Lipinski definition) is 2. The van der Waals surface area contributed by atoms with E-state index in [9.17, 15) is 4.79 Å². The second-order valence-electron chi connectivity index (χ2n) is 5.27. The molecule has 122 valence electrons. The first-order valence-electron chi connectivity index (χ1n) is 7.55. The zero-order valence-corrected chi connectivity index (χ0v) is 13.1. The normalized spacial score (nSPS) is 10.3. The van der Waals surface area contributed by atoms with Gasteiger partial charge in [0.25, 0.3) is 0 Å². The predicted octanol–water partition coefficient (Wildman–Crippen LogP) is 3.26. The Morgan fingerprint density at radius 3 is 2.33 bits per heavy atom. The minimum absolute atomic E-state index is 0.199. The van der Waals surface area contributed by atoms with E-state index in [2.05, 4.69) is 10.4 Å². The number of anilines is 2. The number of nitrogen functional groups attached to an aromatic ring is 1. The van der Waals surface area contributed by atoms with Crippen molar-refractivity contribution in [1.82, 2.24) is 9.78 Å². The fourth-order valence-corrected chi connectivity index (χ4v) is 2.24. The molecule has 2 aromatic carbocycles. The second kappa shape index (κ2) is 7.32. The van der Waals surface area contributed by atoms with Crippen LogP contribution in [0.15, 0.2) is 66.9 Å². The first-order chi connectivity index (χ1) is 11.7. The molecule has 1 aromatic heterocycles. The third-order valence-corrected chi connectivity index (χ3v) is 3.50. The van der Waals surface area contributed by atoms with Crippen molar-refractivity contribution in [3.8, 4) is 0 Å². The number of amides is 1. The Balaban J connectivity index is 1.58. The van der Waals surface area contributed by atoms with E-state index in [1.54, 1.807) is 4.68 Å². The Kier molecular flexibility index (Phi) is 4.76. The molecule has 0 bridgehead atoms. The van der Waals surface area contributed by atoms with E-state index in [-0.39, 0.29) is 6.61 Å². The van der Waals surface area contributed by atoms with Crippen LogP contribution in [0, 0.1) is 0 Å². The zero-order chi connectivity index (χ0) is 16.8. The number of carbonyl (C=O) groups excluding carboxylic acids is 1. The molecule has 0 fully saturated rings. The van der Waals surface area contributed by atoms with Crippen molar-refractivity contribution in [3.05, 3.63) is 78.0 Å². The SMILES string of the molecule is Nc1c(NC(=O)OCc2ccccc2)cnn1Cc1ccccc1. The first kappa shape index (κ1) is 15.6. The summed E-state index contributed by atoms with van der Waals surface area (Å²) in [7, 11) is 0. The number of nitrogens with zero attached hydrogens (tertiary/aromatic N) is 2. The fourth-order valence-electron chi connectivity index (χ4n) is 2.24. The van der Waals surface area contributed by atoms with Gasteiger partial charge in [-0.3, -0.25) is 5.32 Å². The molecule has 1 heterocycles. The summed E-state index contributed by atoms with van der Waals surface area (Å²) < 4.78 is 6.80. The van der Waals surface area contributed by atoms with Gasteiger partial charge in [-0.25, -0.2) is 9.48 Å². The summed E-state index contributed by atoms with van der Waals surface area (Å²) in [5.74, 6) is 0.385. The van der Waals surface area contributed by atoms with Gasteiger partial charge in [-0.1, -0.05) is 60.7 Å². The predicted molar refractivity (Wildman–Crippen MR) is 92.4 cm³/mol. The Hall–Kier alpha value is -3.28. The van der Waals surface area contributed by atoms with Gasteiger partial charge >= 0.3 is 6.09 Å². The average molecular weight is 322 g/mol. The van der Waals surface area contributed by atoms with Crippen LogP contribution >= 0.6 is 0 Å². The summed E-state index contributed by atoms with van der Waals surface area (Å²) in [6.07, 6.45) is 0.951. The maximum absolute atomic E-state index is 11.9. The van der Waals surface area contributed by atoms with Gasteiger partial charge in [-0.15, -0.1) is 0 Å². The third kappa shape index (κ3) is 3.92. The van der Waals surface area contributed by atoms with Crippen LogP contribution in [0.25, 0.3) is 0 Å². The maximum Gasteiger partial charge on any atom is 0.412 e. The molecule has 0 saturated carbocycles. The molecule has 3 rings (SSSR count). The van der Waals surface area contributed by atoms with Crippen LogP contribution in [0.3, 0.4) is 0 Å². The van der Waals surface area contributed by atoms with Gasteiger partial charge in [0.15, 0.2) is 0 Å². The van der Waals surface area contributed by atoms with Gasteiger partial charge in [-0.2, -0.15) is 5.10 Å². The Morgan fingerprint density at radius 1 is 1.04 bits per heavy atom. The van der Waals surface area contributed by atoms with E-state index in [0.29, 0.717) is 18.1 Å². The lowest BCUT2D eigenvalue weighted by Crippen LogP contribution is -2.15. The van der Waals surface area contributed by atoms with Gasteiger partial charge in [0.2, 0.25) is 0 Å². The van der Waals surface area contributed by atoms with Crippen LogP contribution in [-0.2, 0) is 17.9 Å². The summed E-state index contributed by atoms with van der Waals surface area (Å²) in [5, 5.41) is 6.82. The van der Waals surface area contributed by atoms with Crippen LogP contribution in [0.4, 0.5) is 16.3 Å². The third-order valence-electron chi connectivity index (χ3n) is 3.50. The molecule has 0 aliphatic carbocycles. The molecule has 0 unspecified atom stereocenters. The highest BCUT2D eigenvalue weighted by Gasteiger charge is 2.11. The van der Waals surface area contributed by atoms with Gasteiger partial charge in [-0.05, 0) is 11.1 Å². The number of carbonyl (C=O) groups is 1. The quantitative estimate of drug-likeness (QED) is 0.755. The standard InChI is InChI=1S/C18H18N4O2/c19-17-16(11-20-22(17)12-14-7-3-1-4-8-14)21-18(23)24-13-15-9-5-2-6-10-15/h1-11H,12-13,19H2,(H,21,23). The van der Waals surface area contributed by atoms with Crippen molar-refractivity contribution in [2.24, 2.45) is 0 Å². The second-order valence-corrected chi connectivity index (χ2v) is 5.27. The first-order valence-corrected chi connectivity index (χ1v) is 7.55. The van der Waals surface area contributed by atoms with Gasteiger partial charge in [0, 0.05) is 0 Å². The van der Waals surface area contributed by atoms with E-state index in [4.69, 9.17) is 10.5 Å². The van der Waals surface area contributed by atoms with Crippen molar-refractivity contribution >= 4 is 17.6 Å². The van der Waals surface area contributed by atoms with E-state index in [0.717, 1.165) is 11.1 Å². The number of ether oxygens (including phenoxy) is 1. The largest absolute Gasteiger partial charge is 0.444 e. The van der Waals surface area contributed by atoms with Crippen molar-refractivity contribution in [1.29, 1.82) is 0 Å². The molecule has 0 saturated heterocycles. The van der Waals surface area contributed by atoms with Crippen LogP contribution < -0.4 is 11.1 Å². The minimum Gasteiger partial charge on any atom is -0.444 e. The molecular formula is C18H18N4O2. The van der Waals surface area contributed by atoms with Crippen molar-refractivity contribution in [3.63, 3.8) is 0 Å². The van der Waals surface area contributed by atoms with E-state index in [1.807, 2.05) is 60.7 Å². The monoisotopic (exact) mass is 322 g/mol. The van der Waals surface area contributed by atoms with Crippen LogP contribution in [0.5, 0.6) is 0 Å². The zero-order valence-electron chi connectivity index (χ0n) is 13.1. The highest BCUT2D eigenvalue weighted by atomic mass is 16.5. The summed E-state index contributed by atoms with van der Waals surface area (Å²) in [5.41, 5.74) is 8.46. The lowest BCUT2D eigenvalue weighted by atomic mass is 10.2. The average Bonchev–Trinajstić information content (AvgIpc) is 2.95. The van der Waals surface area contributed by atoms with Crippen LogP contribution in [-0.4, -0.2) is 15.9 Å². The summed E-state index contributed by atoms with van der Waals surface area (Å²) in [4.78, 5) is 11.9. The Labute approximate surface area is 139 Å². The maximum atomic E-state index is 11.9. The van der Waals surface area contributed by atoms with Gasteiger partial charge in [0.1, 0.15) is 18.1 Å². The fraction of sp³-hybridized carbons (Fsp3) is 0.111. The van der Waals surface area contributed by atoms with Crippen molar-refractivity contribution in [2.75, 3.05) is 11.1 Å². The Morgan fingerprint density at radius 2 is 1.67 bits per heavy atom. The molecular weight excluding hydrogens is 304 g/mol. The molecule has 1 amide bonds.